The van der Waals surface area contributed by atoms with Crippen molar-refractivity contribution >= 4 is 20.0 Å². The zero-order valence-electron chi connectivity index (χ0n) is 11.8. The molecule has 20 heavy (non-hydrogen) atoms. The molecule has 1 atom stereocenters. The molecule has 1 aliphatic heterocycles. The Labute approximate surface area is 118 Å². The molecule has 1 unspecified atom stereocenters. The van der Waals surface area contributed by atoms with E-state index in [4.69, 9.17) is 4.52 Å². The van der Waals surface area contributed by atoms with E-state index < -0.39 is 20.0 Å². The fourth-order valence-corrected chi connectivity index (χ4v) is 3.01. The van der Waals surface area contributed by atoms with E-state index in [1.807, 2.05) is 12.1 Å². The molecule has 6 heteroatoms. The molecule has 0 aromatic heterocycles. The molecule has 1 aliphatic rings. The van der Waals surface area contributed by atoms with Gasteiger partial charge in [0.25, 0.3) is 0 Å². The van der Waals surface area contributed by atoms with Crippen LogP contribution in [-0.4, -0.2) is 16.5 Å². The summed E-state index contributed by atoms with van der Waals surface area (Å²) in [5, 5.41) is 0. The number of nitrogens with zero attached hydrogens (tertiary/aromatic N) is 1. The number of benzene rings is 1. The van der Waals surface area contributed by atoms with Crippen LogP contribution in [0.15, 0.2) is 24.3 Å². The summed E-state index contributed by atoms with van der Waals surface area (Å²) in [6.45, 7) is 6.27. The van der Waals surface area contributed by atoms with Crippen LogP contribution >= 0.6 is 8.18 Å². The lowest BCUT2D eigenvalue weighted by molar-refractivity contribution is -0.132. The maximum absolute atomic E-state index is 12.0. The molecular formula is C14H18NO4P. The van der Waals surface area contributed by atoms with Crippen molar-refractivity contribution in [3.05, 3.63) is 29.8 Å². The van der Waals surface area contributed by atoms with Crippen LogP contribution in [0.3, 0.4) is 0 Å². The van der Waals surface area contributed by atoms with Crippen molar-refractivity contribution < 1.29 is 18.7 Å². The molecule has 0 saturated carbocycles. The third kappa shape index (κ3) is 3.10. The Morgan fingerprint density at radius 3 is 2.00 bits per heavy atom. The normalized spacial score (nSPS) is 17.4. The monoisotopic (exact) mass is 295 g/mol. The number of amides is 2. The minimum absolute atomic E-state index is 0.0185. The van der Waals surface area contributed by atoms with E-state index in [0.717, 1.165) is 10.2 Å². The first kappa shape index (κ1) is 14.8. The minimum atomic E-state index is -2.88. The average Bonchev–Trinajstić information content (AvgIpc) is 2.68. The fraction of sp³-hybridized carbons (Fsp3) is 0.429. The second kappa shape index (κ2) is 5.41. The average molecular weight is 295 g/mol. The van der Waals surface area contributed by atoms with Gasteiger partial charge >= 0.3 is 8.18 Å². The summed E-state index contributed by atoms with van der Waals surface area (Å²) in [4.78, 5) is 22.9. The van der Waals surface area contributed by atoms with E-state index in [0.29, 0.717) is 5.75 Å². The summed E-state index contributed by atoms with van der Waals surface area (Å²) in [5.41, 5.74) is 1.14. The summed E-state index contributed by atoms with van der Waals surface area (Å²) >= 11 is 0. The van der Waals surface area contributed by atoms with Crippen molar-refractivity contribution in [1.29, 1.82) is 0 Å². The molecule has 1 aromatic carbocycles. The molecular weight excluding hydrogens is 277 g/mol. The van der Waals surface area contributed by atoms with Crippen molar-refractivity contribution in [3.63, 3.8) is 0 Å². The van der Waals surface area contributed by atoms with Crippen molar-refractivity contribution in [2.45, 2.75) is 39.0 Å². The lowest BCUT2D eigenvalue weighted by Crippen LogP contribution is -2.22. The Kier molecular flexibility index (Phi) is 4.00. The summed E-state index contributed by atoms with van der Waals surface area (Å²) in [7, 11) is -2.88. The number of imide groups is 1. The first-order valence-corrected chi connectivity index (χ1v) is 7.73. The van der Waals surface area contributed by atoms with E-state index in [-0.39, 0.29) is 18.3 Å². The maximum Gasteiger partial charge on any atom is 0.341 e. The second-order valence-electron chi connectivity index (χ2n) is 5.77. The number of hydrogen-bond donors (Lipinski definition) is 0. The van der Waals surface area contributed by atoms with Crippen LogP contribution in [0.1, 0.15) is 39.2 Å². The molecule has 5 nitrogen and oxygen atoms in total. The highest BCUT2D eigenvalue weighted by Crippen LogP contribution is 2.36. The molecule has 1 aromatic rings. The standard InChI is InChI=1S/C14H18NO4P/c1-14(2,3)10-4-6-11(7-5-10)19-20(18)15-12(16)8-9-13(15)17/h4-7,20H,8-9H2,1-3H3. The molecule has 0 radical (unpaired) electrons. The van der Waals surface area contributed by atoms with Gasteiger partial charge in [-0.25, -0.2) is 4.67 Å². The Balaban J connectivity index is 2.09. The summed E-state index contributed by atoms with van der Waals surface area (Å²) in [5.74, 6) is -0.454. The number of carbonyl (C=O) groups excluding carboxylic acids is 2. The molecule has 0 spiro atoms. The predicted octanol–water partition coefficient (Wildman–Crippen LogP) is 2.90. The summed E-state index contributed by atoms with van der Waals surface area (Å²) in [6, 6.07) is 7.18. The number of rotatable bonds is 3. The highest BCUT2D eigenvalue weighted by molar-refractivity contribution is 7.38. The van der Waals surface area contributed by atoms with Crippen LogP contribution in [0.5, 0.6) is 5.75 Å². The van der Waals surface area contributed by atoms with Gasteiger partial charge < -0.3 is 4.52 Å². The lowest BCUT2D eigenvalue weighted by atomic mass is 9.87. The van der Waals surface area contributed by atoms with Gasteiger partial charge in [-0.3, -0.25) is 14.2 Å². The van der Waals surface area contributed by atoms with Crippen molar-refractivity contribution in [1.82, 2.24) is 4.67 Å². The highest BCUT2D eigenvalue weighted by atomic mass is 31.1. The topological polar surface area (TPSA) is 63.7 Å². The molecule has 0 N–H and O–H groups in total. The van der Waals surface area contributed by atoms with Gasteiger partial charge in [-0.15, -0.1) is 0 Å². The van der Waals surface area contributed by atoms with Gasteiger partial charge in [0.15, 0.2) is 0 Å². The maximum atomic E-state index is 12.0. The van der Waals surface area contributed by atoms with Crippen molar-refractivity contribution in [2.75, 3.05) is 0 Å². The van der Waals surface area contributed by atoms with Crippen LogP contribution in [0.25, 0.3) is 0 Å². The molecule has 1 heterocycles. The van der Waals surface area contributed by atoms with Crippen LogP contribution < -0.4 is 4.52 Å². The summed E-state index contributed by atoms with van der Waals surface area (Å²) < 4.78 is 18.0. The van der Waals surface area contributed by atoms with E-state index in [1.54, 1.807) is 12.1 Å². The molecule has 1 saturated heterocycles. The molecule has 0 aliphatic carbocycles. The quantitative estimate of drug-likeness (QED) is 0.635. The zero-order chi connectivity index (χ0) is 14.9. The van der Waals surface area contributed by atoms with E-state index >= 15 is 0 Å². The highest BCUT2D eigenvalue weighted by Gasteiger charge is 2.34. The molecule has 2 amide bonds. The van der Waals surface area contributed by atoms with E-state index in [2.05, 4.69) is 20.8 Å². The third-order valence-corrected chi connectivity index (χ3v) is 4.43. The van der Waals surface area contributed by atoms with Gasteiger partial charge in [0, 0.05) is 12.8 Å². The van der Waals surface area contributed by atoms with Crippen LogP contribution in [-0.2, 0) is 19.6 Å². The van der Waals surface area contributed by atoms with Crippen LogP contribution in [0.2, 0.25) is 0 Å². The zero-order valence-corrected chi connectivity index (χ0v) is 12.8. The molecule has 1 fully saturated rings. The molecule has 108 valence electrons. The van der Waals surface area contributed by atoms with Crippen LogP contribution in [0, 0.1) is 0 Å². The molecule has 2 rings (SSSR count). The predicted molar refractivity (Wildman–Crippen MR) is 75.9 cm³/mol. The molecule has 0 bridgehead atoms. The Morgan fingerprint density at radius 1 is 1.05 bits per heavy atom. The van der Waals surface area contributed by atoms with Gasteiger partial charge in [0.1, 0.15) is 5.75 Å². The number of carbonyl (C=O) groups is 2. The SMILES string of the molecule is CC(C)(C)c1ccc(O[PH](=O)N2C(=O)CCC2=O)cc1. The number of hydrogen-bond acceptors (Lipinski definition) is 4. The fourth-order valence-electron chi connectivity index (χ4n) is 1.95. The minimum Gasteiger partial charge on any atom is -0.430 e. The van der Waals surface area contributed by atoms with Gasteiger partial charge in [-0.05, 0) is 23.1 Å². The first-order chi connectivity index (χ1) is 9.29. The first-order valence-electron chi connectivity index (χ1n) is 6.47. The Bertz CT molecular complexity index is 544. The smallest absolute Gasteiger partial charge is 0.341 e. The van der Waals surface area contributed by atoms with Crippen molar-refractivity contribution in [2.24, 2.45) is 0 Å². The third-order valence-electron chi connectivity index (χ3n) is 3.16. The van der Waals surface area contributed by atoms with Gasteiger partial charge in [-0.2, -0.15) is 0 Å². The van der Waals surface area contributed by atoms with E-state index in [1.165, 1.54) is 0 Å². The lowest BCUT2D eigenvalue weighted by Gasteiger charge is -2.19. The van der Waals surface area contributed by atoms with Gasteiger partial charge in [0.05, 0.1) is 0 Å². The van der Waals surface area contributed by atoms with Crippen LogP contribution in [0.4, 0.5) is 0 Å². The van der Waals surface area contributed by atoms with E-state index in [9.17, 15) is 14.2 Å². The Hall–Kier alpha value is -1.61. The van der Waals surface area contributed by atoms with Crippen molar-refractivity contribution in [3.8, 4) is 5.75 Å². The largest absolute Gasteiger partial charge is 0.430 e. The van der Waals surface area contributed by atoms with Gasteiger partial charge in [-0.1, -0.05) is 32.9 Å². The Morgan fingerprint density at radius 2 is 1.55 bits per heavy atom. The second-order valence-corrected chi connectivity index (χ2v) is 6.95. The van der Waals surface area contributed by atoms with Gasteiger partial charge in [0.2, 0.25) is 11.8 Å². The summed E-state index contributed by atoms with van der Waals surface area (Å²) in [6.07, 6.45) is 0.225.